The number of hydrogen-bond acceptors (Lipinski definition) is 8. The molecule has 2 aliphatic heterocycles. The first-order valence-electron chi connectivity index (χ1n) is 17.5. The second-order valence-corrected chi connectivity index (χ2v) is 14.9. The summed E-state index contributed by atoms with van der Waals surface area (Å²) in [7, 11) is 1.50. The minimum absolute atomic E-state index is 0.0494. The van der Waals surface area contributed by atoms with Crippen LogP contribution in [0.5, 0.6) is 5.75 Å². The summed E-state index contributed by atoms with van der Waals surface area (Å²) >= 11 is 6.36. The van der Waals surface area contributed by atoms with E-state index in [0.29, 0.717) is 22.8 Å². The van der Waals surface area contributed by atoms with E-state index in [1.165, 1.54) is 13.2 Å². The predicted octanol–water partition coefficient (Wildman–Crippen LogP) is 5.90. The Bertz CT molecular complexity index is 1690. The first-order chi connectivity index (χ1) is 24.6. The van der Waals surface area contributed by atoms with Crippen molar-refractivity contribution in [1.82, 2.24) is 16.0 Å². The van der Waals surface area contributed by atoms with Crippen LogP contribution in [0.3, 0.4) is 0 Å². The van der Waals surface area contributed by atoms with Gasteiger partial charge in [-0.3, -0.25) is 14.4 Å². The first-order valence-corrected chi connectivity index (χ1v) is 17.9. The number of cyclic esters (lactones) is 1. The number of azide groups is 1. The van der Waals surface area contributed by atoms with E-state index < -0.39 is 53.3 Å². The summed E-state index contributed by atoms with van der Waals surface area (Å²) in [6.07, 6.45) is 2.34. The number of carbonyl (C=O) groups excluding carboxylic acids is 4. The van der Waals surface area contributed by atoms with Crippen LogP contribution in [0, 0.1) is 17.3 Å². The number of halogens is 1. The van der Waals surface area contributed by atoms with Gasteiger partial charge in [0.1, 0.15) is 30.0 Å². The quantitative estimate of drug-likeness (QED) is 0.0892. The Kier molecular flexibility index (Phi) is 13.7. The van der Waals surface area contributed by atoms with Crippen LogP contribution in [0.15, 0.2) is 59.7 Å². The molecule has 1 fully saturated rings. The molecule has 0 radical (unpaired) electrons. The highest BCUT2D eigenvalue weighted by Crippen LogP contribution is 2.45. The first kappa shape index (κ1) is 40.2. The number of carbonyl (C=O) groups is 4. The number of rotatable bonds is 10. The Balaban J connectivity index is 1.62. The summed E-state index contributed by atoms with van der Waals surface area (Å²) in [5.74, 6) is -1.80. The van der Waals surface area contributed by atoms with Crippen molar-refractivity contribution in [3.63, 3.8) is 0 Å². The molecule has 2 aromatic rings. The summed E-state index contributed by atoms with van der Waals surface area (Å²) < 4.78 is 17.5. The van der Waals surface area contributed by atoms with Gasteiger partial charge in [0.2, 0.25) is 17.7 Å². The standard InChI is InChI=1S/C38H49ClN6O7/c1-21(2)17-29-36(48)51-30(22(3)33-34(52-33)26-14-11-24(12-15-26)20-41-45-40)9-8-10-32(46)43-28(19-25-13-16-31(50-7)27(39)18-25)35(47)42-23(4)38(5,6)37(49)44-29/h8,10-16,18,21-23,28-30,33-34H,9,17,19-20H2,1-7H3,(H,42,47)(H,43,46)(H,44,49)/b10-8+/t22-,23-,28+,29-,30-,33-,34-/m0/s1. The minimum Gasteiger partial charge on any atom is -0.495 e. The van der Waals surface area contributed by atoms with E-state index in [1.807, 2.05) is 45.0 Å². The SMILES string of the molecule is COc1ccc(C[C@H]2NC(=O)/C=C/C[C@@H]([C@H](C)[C@@H]3O[C@H]3c3ccc(CN=[N+]=[N-])cc3)OC(=O)[C@H](CC(C)C)NC(=O)C(C)(C)[C@H](C)NC2=O)cc1Cl. The third-order valence-corrected chi connectivity index (χ3v) is 10.1. The molecule has 52 heavy (non-hydrogen) atoms. The van der Waals surface area contributed by atoms with Crippen molar-refractivity contribution in [2.75, 3.05) is 7.11 Å². The van der Waals surface area contributed by atoms with Crippen molar-refractivity contribution < 1.29 is 33.4 Å². The van der Waals surface area contributed by atoms with E-state index in [1.54, 1.807) is 45.0 Å². The predicted molar refractivity (Wildman–Crippen MR) is 196 cm³/mol. The molecule has 2 aliphatic rings. The summed E-state index contributed by atoms with van der Waals surface area (Å²) in [5, 5.41) is 12.6. The van der Waals surface area contributed by atoms with Gasteiger partial charge in [0.05, 0.1) is 30.2 Å². The maximum absolute atomic E-state index is 13.8. The molecule has 0 spiro atoms. The fourth-order valence-corrected chi connectivity index (χ4v) is 6.34. The Morgan fingerprint density at radius 3 is 2.35 bits per heavy atom. The van der Waals surface area contributed by atoms with Crippen LogP contribution < -0.4 is 20.7 Å². The molecule has 0 aromatic heterocycles. The number of benzene rings is 2. The molecular weight excluding hydrogens is 688 g/mol. The molecule has 14 heteroatoms. The number of amides is 3. The highest BCUT2D eigenvalue weighted by Gasteiger charge is 2.48. The minimum atomic E-state index is -1.15. The van der Waals surface area contributed by atoms with Gasteiger partial charge in [-0.1, -0.05) is 73.9 Å². The molecule has 3 N–H and O–H groups in total. The van der Waals surface area contributed by atoms with Crippen LogP contribution in [0.25, 0.3) is 10.4 Å². The average Bonchev–Trinajstić information content (AvgIpc) is 3.90. The van der Waals surface area contributed by atoms with Crippen LogP contribution in [0.1, 0.15) is 77.2 Å². The van der Waals surface area contributed by atoms with Crippen LogP contribution >= 0.6 is 11.6 Å². The van der Waals surface area contributed by atoms with E-state index >= 15 is 0 Å². The maximum Gasteiger partial charge on any atom is 0.328 e. The topological polar surface area (TPSA) is 184 Å². The molecule has 2 aromatic carbocycles. The lowest BCUT2D eigenvalue weighted by atomic mass is 9.83. The van der Waals surface area contributed by atoms with Crippen molar-refractivity contribution in [3.05, 3.63) is 86.8 Å². The highest BCUT2D eigenvalue weighted by atomic mass is 35.5. The van der Waals surface area contributed by atoms with Gasteiger partial charge in [-0.25, -0.2) is 4.79 Å². The third kappa shape index (κ3) is 10.5. The number of hydrogen-bond donors (Lipinski definition) is 3. The molecule has 4 rings (SSSR count). The van der Waals surface area contributed by atoms with E-state index in [4.69, 9.17) is 31.3 Å². The molecule has 0 bridgehead atoms. The van der Waals surface area contributed by atoms with Gasteiger partial charge in [0.25, 0.3) is 0 Å². The van der Waals surface area contributed by atoms with Crippen LogP contribution in [0.4, 0.5) is 0 Å². The van der Waals surface area contributed by atoms with Crippen LogP contribution in [-0.4, -0.2) is 61.1 Å². The fourth-order valence-electron chi connectivity index (χ4n) is 6.06. The van der Waals surface area contributed by atoms with E-state index in [9.17, 15) is 19.2 Å². The summed E-state index contributed by atoms with van der Waals surface area (Å²) in [6, 6.07) is 10.1. The maximum atomic E-state index is 13.8. The van der Waals surface area contributed by atoms with Gasteiger partial charge in [-0.05, 0) is 73.5 Å². The number of ether oxygens (including phenoxy) is 3. The Hall–Kier alpha value is -4.58. The lowest BCUT2D eigenvalue weighted by molar-refractivity contribution is -0.157. The number of epoxide rings is 1. The molecule has 0 unspecified atom stereocenters. The average molecular weight is 737 g/mol. The fraction of sp³-hybridized carbons (Fsp3) is 0.526. The van der Waals surface area contributed by atoms with Crippen molar-refractivity contribution in [2.24, 2.45) is 22.4 Å². The van der Waals surface area contributed by atoms with Gasteiger partial charge in [0.15, 0.2) is 0 Å². The Morgan fingerprint density at radius 2 is 1.71 bits per heavy atom. The molecule has 7 atom stereocenters. The molecule has 1 saturated heterocycles. The zero-order valence-electron chi connectivity index (χ0n) is 30.7. The molecule has 2 heterocycles. The third-order valence-electron chi connectivity index (χ3n) is 9.77. The second kappa shape index (κ2) is 17.8. The van der Waals surface area contributed by atoms with Crippen LogP contribution in [-0.2, 0) is 41.6 Å². The lowest BCUT2D eigenvalue weighted by Crippen LogP contribution is -2.58. The van der Waals surface area contributed by atoms with E-state index in [2.05, 4.69) is 26.0 Å². The van der Waals surface area contributed by atoms with Gasteiger partial charge in [0, 0.05) is 29.7 Å². The van der Waals surface area contributed by atoms with Crippen LogP contribution in [0.2, 0.25) is 5.02 Å². The van der Waals surface area contributed by atoms with E-state index in [0.717, 1.165) is 11.1 Å². The summed E-state index contributed by atoms with van der Waals surface area (Å²) in [4.78, 5) is 57.4. The lowest BCUT2D eigenvalue weighted by Gasteiger charge is -2.34. The Labute approximate surface area is 309 Å². The normalized spacial score (nSPS) is 26.6. The van der Waals surface area contributed by atoms with Crippen molar-refractivity contribution >= 4 is 35.3 Å². The molecular formula is C38H49ClN6O7. The smallest absolute Gasteiger partial charge is 0.328 e. The molecule has 0 saturated carbocycles. The molecule has 13 nitrogen and oxygen atoms in total. The summed E-state index contributed by atoms with van der Waals surface area (Å²) in [6.45, 7) is 11.1. The Morgan fingerprint density at radius 1 is 1.02 bits per heavy atom. The highest BCUT2D eigenvalue weighted by molar-refractivity contribution is 6.32. The molecule has 0 aliphatic carbocycles. The van der Waals surface area contributed by atoms with Gasteiger partial charge in [-0.2, -0.15) is 0 Å². The molecule has 3 amide bonds. The van der Waals surface area contributed by atoms with Gasteiger partial charge >= 0.3 is 5.97 Å². The number of esters is 1. The van der Waals surface area contributed by atoms with Crippen molar-refractivity contribution in [2.45, 2.75) is 104 Å². The zero-order chi connectivity index (χ0) is 38.2. The number of methoxy groups -OCH3 is 1. The van der Waals surface area contributed by atoms with E-state index in [-0.39, 0.29) is 43.4 Å². The largest absolute Gasteiger partial charge is 0.495 e. The second-order valence-electron chi connectivity index (χ2n) is 14.5. The number of nitrogens with one attached hydrogen (secondary N) is 3. The van der Waals surface area contributed by atoms with Crippen molar-refractivity contribution in [1.29, 1.82) is 0 Å². The summed E-state index contributed by atoms with van der Waals surface area (Å²) in [5.41, 5.74) is 9.95. The van der Waals surface area contributed by atoms with Gasteiger partial charge < -0.3 is 30.2 Å². The zero-order valence-corrected chi connectivity index (χ0v) is 31.5. The van der Waals surface area contributed by atoms with Gasteiger partial charge in [-0.15, -0.1) is 0 Å². The van der Waals surface area contributed by atoms with Crippen molar-refractivity contribution in [3.8, 4) is 5.75 Å². The number of nitrogens with zero attached hydrogens (tertiary/aromatic N) is 3. The monoisotopic (exact) mass is 736 g/mol. The molecule has 280 valence electrons.